The molecule has 5 heteroatoms. The lowest BCUT2D eigenvalue weighted by Crippen LogP contribution is -2.29. The highest BCUT2D eigenvalue weighted by molar-refractivity contribution is 6.30. The maximum absolute atomic E-state index is 11.6. The number of rotatable bonds is 4. The van der Waals surface area contributed by atoms with E-state index in [1.165, 1.54) is 0 Å². The van der Waals surface area contributed by atoms with Gasteiger partial charge in [-0.2, -0.15) is 0 Å². The molecule has 0 bridgehead atoms. The zero-order valence-electron chi connectivity index (χ0n) is 9.58. The summed E-state index contributed by atoms with van der Waals surface area (Å²) in [6.45, 7) is 3.69. The van der Waals surface area contributed by atoms with Gasteiger partial charge < -0.3 is 10.1 Å². The van der Waals surface area contributed by atoms with Crippen LogP contribution in [0.25, 0.3) is 0 Å². The SMILES string of the molecule is COC(C)(C)CC(=O)Nc1cc(Cl)ccn1. The van der Waals surface area contributed by atoms with Crippen molar-refractivity contribution >= 4 is 23.3 Å². The van der Waals surface area contributed by atoms with Gasteiger partial charge in [-0.25, -0.2) is 4.98 Å². The molecule has 0 unspecified atom stereocenters. The molecule has 0 atom stereocenters. The molecule has 1 rings (SSSR count). The third-order valence-corrected chi connectivity index (χ3v) is 2.36. The zero-order chi connectivity index (χ0) is 12.2. The van der Waals surface area contributed by atoms with Crippen molar-refractivity contribution < 1.29 is 9.53 Å². The number of ether oxygens (including phenoxy) is 1. The highest BCUT2D eigenvalue weighted by atomic mass is 35.5. The fourth-order valence-corrected chi connectivity index (χ4v) is 1.28. The minimum Gasteiger partial charge on any atom is -0.378 e. The first-order valence-electron chi connectivity index (χ1n) is 4.89. The summed E-state index contributed by atoms with van der Waals surface area (Å²) in [6.07, 6.45) is 1.80. The summed E-state index contributed by atoms with van der Waals surface area (Å²) in [6, 6.07) is 3.25. The van der Waals surface area contributed by atoms with Crippen LogP contribution in [-0.2, 0) is 9.53 Å². The predicted molar refractivity (Wildman–Crippen MR) is 63.6 cm³/mol. The number of amides is 1. The molecule has 0 saturated heterocycles. The molecule has 4 nitrogen and oxygen atoms in total. The molecule has 0 aromatic carbocycles. The molecule has 1 aromatic rings. The van der Waals surface area contributed by atoms with Crippen molar-refractivity contribution in [1.29, 1.82) is 0 Å². The van der Waals surface area contributed by atoms with Crippen LogP contribution in [0.4, 0.5) is 5.82 Å². The molecule has 0 aliphatic carbocycles. The van der Waals surface area contributed by atoms with Crippen LogP contribution in [0.15, 0.2) is 18.3 Å². The summed E-state index contributed by atoms with van der Waals surface area (Å²) in [5.74, 6) is 0.297. The van der Waals surface area contributed by atoms with Crippen LogP contribution in [0.2, 0.25) is 5.02 Å². The van der Waals surface area contributed by atoms with E-state index in [1.807, 2.05) is 13.8 Å². The Morgan fingerprint density at radius 1 is 1.62 bits per heavy atom. The number of carbonyl (C=O) groups excluding carboxylic acids is 1. The van der Waals surface area contributed by atoms with Gasteiger partial charge in [0.15, 0.2) is 0 Å². The third kappa shape index (κ3) is 4.16. The fourth-order valence-electron chi connectivity index (χ4n) is 1.12. The van der Waals surface area contributed by atoms with Gasteiger partial charge in [-0.05, 0) is 26.0 Å². The second-order valence-electron chi connectivity index (χ2n) is 4.05. The normalized spacial score (nSPS) is 11.2. The summed E-state index contributed by atoms with van der Waals surface area (Å²) in [5.41, 5.74) is -0.483. The molecule has 1 heterocycles. The van der Waals surface area contributed by atoms with Crippen molar-refractivity contribution in [2.75, 3.05) is 12.4 Å². The van der Waals surface area contributed by atoms with E-state index in [-0.39, 0.29) is 12.3 Å². The Morgan fingerprint density at radius 3 is 2.88 bits per heavy atom. The van der Waals surface area contributed by atoms with Crippen molar-refractivity contribution in [2.24, 2.45) is 0 Å². The number of anilines is 1. The number of nitrogens with one attached hydrogen (secondary N) is 1. The van der Waals surface area contributed by atoms with E-state index in [2.05, 4.69) is 10.3 Å². The monoisotopic (exact) mass is 242 g/mol. The van der Waals surface area contributed by atoms with Gasteiger partial charge in [-0.15, -0.1) is 0 Å². The Kier molecular flexibility index (Phi) is 4.26. The molecule has 1 N–H and O–H groups in total. The third-order valence-electron chi connectivity index (χ3n) is 2.13. The lowest BCUT2D eigenvalue weighted by Gasteiger charge is -2.21. The molecule has 88 valence electrons. The van der Waals surface area contributed by atoms with E-state index >= 15 is 0 Å². The van der Waals surface area contributed by atoms with Gasteiger partial charge in [0.25, 0.3) is 0 Å². The first-order chi connectivity index (χ1) is 7.43. The molecule has 0 aliphatic heterocycles. The van der Waals surface area contributed by atoms with Crippen molar-refractivity contribution in [3.05, 3.63) is 23.4 Å². The Morgan fingerprint density at radius 2 is 2.31 bits per heavy atom. The Bertz CT molecular complexity index is 380. The number of hydrogen-bond acceptors (Lipinski definition) is 3. The lowest BCUT2D eigenvalue weighted by molar-refractivity contribution is -0.121. The van der Waals surface area contributed by atoms with Crippen molar-refractivity contribution in [3.63, 3.8) is 0 Å². The van der Waals surface area contributed by atoms with Crippen LogP contribution < -0.4 is 5.32 Å². The van der Waals surface area contributed by atoms with Crippen LogP contribution in [0.3, 0.4) is 0 Å². The van der Waals surface area contributed by atoms with Gasteiger partial charge >= 0.3 is 0 Å². The summed E-state index contributed by atoms with van der Waals surface area (Å²) in [4.78, 5) is 15.6. The molecule has 0 spiro atoms. The first kappa shape index (κ1) is 12.9. The van der Waals surface area contributed by atoms with E-state index in [0.29, 0.717) is 10.8 Å². The van der Waals surface area contributed by atoms with Crippen molar-refractivity contribution in [1.82, 2.24) is 4.98 Å². The van der Waals surface area contributed by atoms with Gasteiger partial charge in [0, 0.05) is 18.3 Å². The van der Waals surface area contributed by atoms with Crippen molar-refractivity contribution in [3.8, 4) is 0 Å². The van der Waals surface area contributed by atoms with Gasteiger partial charge in [0.05, 0.1) is 12.0 Å². The maximum atomic E-state index is 11.6. The molecule has 0 radical (unpaired) electrons. The van der Waals surface area contributed by atoms with E-state index in [4.69, 9.17) is 16.3 Å². The predicted octanol–water partition coefficient (Wildman–Crippen LogP) is 2.49. The average Bonchev–Trinajstić information content (AvgIpc) is 2.16. The second kappa shape index (κ2) is 5.27. The molecule has 0 aliphatic rings. The minimum atomic E-state index is -0.483. The van der Waals surface area contributed by atoms with E-state index in [1.54, 1.807) is 25.4 Å². The molecule has 1 aromatic heterocycles. The summed E-state index contributed by atoms with van der Waals surface area (Å²) in [5, 5.41) is 3.20. The number of carbonyl (C=O) groups is 1. The Hall–Kier alpha value is -1.13. The van der Waals surface area contributed by atoms with Crippen LogP contribution in [0.5, 0.6) is 0 Å². The average molecular weight is 243 g/mol. The van der Waals surface area contributed by atoms with Gasteiger partial charge in [-0.1, -0.05) is 11.6 Å². The smallest absolute Gasteiger partial charge is 0.228 e. The maximum Gasteiger partial charge on any atom is 0.228 e. The molecule has 0 saturated carbocycles. The number of hydrogen-bond donors (Lipinski definition) is 1. The van der Waals surface area contributed by atoms with Gasteiger partial charge in [-0.3, -0.25) is 4.79 Å². The first-order valence-corrected chi connectivity index (χ1v) is 5.27. The van der Waals surface area contributed by atoms with Crippen LogP contribution in [0.1, 0.15) is 20.3 Å². The molecular formula is C11H15ClN2O2. The van der Waals surface area contributed by atoms with E-state index < -0.39 is 5.60 Å². The molecular weight excluding hydrogens is 228 g/mol. The quantitative estimate of drug-likeness (QED) is 0.883. The van der Waals surface area contributed by atoms with Gasteiger partial charge in [0.2, 0.25) is 5.91 Å². The fraction of sp³-hybridized carbons (Fsp3) is 0.455. The number of aromatic nitrogens is 1. The number of pyridine rings is 1. The standard InChI is InChI=1S/C11H15ClN2O2/c1-11(2,16-3)7-10(15)14-9-6-8(12)4-5-13-9/h4-6H,7H2,1-3H3,(H,13,14,15). The Balaban J connectivity index is 2.59. The number of methoxy groups -OCH3 is 1. The Labute approximate surface area is 100.0 Å². The van der Waals surface area contributed by atoms with Gasteiger partial charge in [0.1, 0.15) is 5.82 Å². The number of nitrogens with zero attached hydrogens (tertiary/aromatic N) is 1. The zero-order valence-corrected chi connectivity index (χ0v) is 10.3. The second-order valence-corrected chi connectivity index (χ2v) is 4.48. The topological polar surface area (TPSA) is 51.2 Å². The highest BCUT2D eigenvalue weighted by Gasteiger charge is 2.21. The van der Waals surface area contributed by atoms with Crippen molar-refractivity contribution in [2.45, 2.75) is 25.9 Å². The van der Waals surface area contributed by atoms with E-state index in [9.17, 15) is 4.79 Å². The highest BCUT2D eigenvalue weighted by Crippen LogP contribution is 2.16. The largest absolute Gasteiger partial charge is 0.378 e. The van der Waals surface area contributed by atoms with Crippen LogP contribution >= 0.6 is 11.6 Å². The summed E-state index contributed by atoms with van der Waals surface area (Å²) < 4.78 is 5.16. The molecule has 0 fully saturated rings. The lowest BCUT2D eigenvalue weighted by atomic mass is 10.1. The summed E-state index contributed by atoms with van der Waals surface area (Å²) >= 11 is 5.77. The molecule has 1 amide bonds. The summed E-state index contributed by atoms with van der Waals surface area (Å²) in [7, 11) is 1.57. The van der Waals surface area contributed by atoms with E-state index in [0.717, 1.165) is 0 Å². The molecule has 16 heavy (non-hydrogen) atoms. The van der Waals surface area contributed by atoms with Crippen LogP contribution in [0, 0.1) is 0 Å². The minimum absolute atomic E-state index is 0.151. The number of halogens is 1. The van der Waals surface area contributed by atoms with Crippen LogP contribution in [-0.4, -0.2) is 23.6 Å².